The number of amides is 1. The second-order valence-corrected chi connectivity index (χ2v) is 6.09. The molecule has 0 aliphatic heterocycles. The zero-order valence-corrected chi connectivity index (χ0v) is 15.7. The van der Waals surface area contributed by atoms with Gasteiger partial charge < -0.3 is 11.1 Å². The van der Waals surface area contributed by atoms with E-state index < -0.39 is 0 Å². The van der Waals surface area contributed by atoms with Crippen molar-refractivity contribution in [2.24, 2.45) is 5.73 Å². The highest BCUT2D eigenvalue weighted by Gasteiger charge is 2.07. The third-order valence-corrected chi connectivity index (χ3v) is 4.02. The van der Waals surface area contributed by atoms with Crippen LogP contribution in [0.25, 0.3) is 17.0 Å². The quantitative estimate of drug-likeness (QED) is 0.605. The Labute approximate surface area is 168 Å². The molecule has 0 aliphatic rings. The minimum atomic E-state index is -0.226. The van der Waals surface area contributed by atoms with Gasteiger partial charge in [-0.1, -0.05) is 49.1 Å². The Hall–Kier alpha value is -4.13. The normalized spacial score (nSPS) is 11.7. The molecule has 1 aromatic carbocycles. The highest BCUT2D eigenvalue weighted by molar-refractivity contribution is 5.91. The smallest absolute Gasteiger partial charge is 0.229 e. The third-order valence-electron chi connectivity index (χ3n) is 4.02. The van der Waals surface area contributed by atoms with Crippen molar-refractivity contribution in [3.63, 3.8) is 0 Å². The number of aromatic nitrogens is 4. The molecule has 0 bridgehead atoms. The monoisotopic (exact) mass is 384 g/mol. The van der Waals surface area contributed by atoms with Gasteiger partial charge in [0, 0.05) is 16.8 Å². The van der Waals surface area contributed by atoms with E-state index in [9.17, 15) is 4.79 Å². The molecule has 7 heteroatoms. The number of benzene rings is 1. The fourth-order valence-electron chi connectivity index (χ4n) is 2.49. The standard InChI is InChI=1S/C22H20N6O/c1-2-16(8-9-19(23)18-12-13-24-25-15-18)14-22(29)26-21-11-10-20(27-28-21)17-6-4-3-5-7-17/h2-13,15H,1,14,23H2,(H,26,28,29)/b16-8+,19-9-. The number of rotatable bonds is 7. The fraction of sp³-hybridized carbons (Fsp3) is 0.0455. The van der Waals surface area contributed by atoms with Crippen molar-refractivity contribution >= 4 is 17.4 Å². The molecule has 0 fully saturated rings. The van der Waals surface area contributed by atoms with Crippen LogP contribution in [-0.4, -0.2) is 26.3 Å². The van der Waals surface area contributed by atoms with Crippen molar-refractivity contribution in [2.75, 3.05) is 5.32 Å². The van der Waals surface area contributed by atoms with Crippen LogP contribution in [0.2, 0.25) is 0 Å². The topological polar surface area (TPSA) is 107 Å². The molecule has 0 saturated carbocycles. The molecule has 3 rings (SSSR count). The summed E-state index contributed by atoms with van der Waals surface area (Å²) in [5.74, 6) is 0.159. The van der Waals surface area contributed by atoms with Gasteiger partial charge in [-0.25, -0.2) is 0 Å². The fourth-order valence-corrected chi connectivity index (χ4v) is 2.49. The molecule has 29 heavy (non-hydrogen) atoms. The number of hydrogen-bond donors (Lipinski definition) is 2. The molecule has 0 spiro atoms. The molecule has 7 nitrogen and oxygen atoms in total. The van der Waals surface area contributed by atoms with Gasteiger partial charge in [0.15, 0.2) is 5.82 Å². The summed E-state index contributed by atoms with van der Waals surface area (Å²) in [5.41, 5.74) is 9.68. The number of carbonyl (C=O) groups is 1. The van der Waals surface area contributed by atoms with Gasteiger partial charge in [0.2, 0.25) is 5.91 Å². The lowest BCUT2D eigenvalue weighted by Crippen LogP contribution is -2.13. The summed E-state index contributed by atoms with van der Waals surface area (Å²) in [4.78, 5) is 12.3. The molecule has 2 heterocycles. The number of allylic oxidation sites excluding steroid dienone is 3. The lowest BCUT2D eigenvalue weighted by atomic mass is 10.1. The molecule has 3 aromatic rings. The van der Waals surface area contributed by atoms with E-state index >= 15 is 0 Å². The van der Waals surface area contributed by atoms with Crippen LogP contribution in [0.5, 0.6) is 0 Å². The number of hydrogen-bond acceptors (Lipinski definition) is 6. The molecule has 0 atom stereocenters. The summed E-state index contributed by atoms with van der Waals surface area (Å²) in [5, 5.41) is 18.5. The minimum Gasteiger partial charge on any atom is -0.398 e. The Bertz CT molecular complexity index is 1030. The van der Waals surface area contributed by atoms with Gasteiger partial charge in [-0.2, -0.15) is 10.2 Å². The Kier molecular flexibility index (Phi) is 6.57. The Morgan fingerprint density at radius 3 is 2.52 bits per heavy atom. The van der Waals surface area contributed by atoms with E-state index in [0.29, 0.717) is 17.1 Å². The van der Waals surface area contributed by atoms with Gasteiger partial charge >= 0.3 is 0 Å². The third kappa shape index (κ3) is 5.67. The zero-order chi connectivity index (χ0) is 20.5. The van der Waals surface area contributed by atoms with Gasteiger partial charge in [-0.3, -0.25) is 4.79 Å². The second kappa shape index (κ2) is 9.70. The van der Waals surface area contributed by atoms with Crippen LogP contribution < -0.4 is 11.1 Å². The van der Waals surface area contributed by atoms with Crippen LogP contribution in [0, 0.1) is 0 Å². The van der Waals surface area contributed by atoms with E-state index in [0.717, 1.165) is 16.8 Å². The molecule has 0 radical (unpaired) electrons. The van der Waals surface area contributed by atoms with Crippen molar-refractivity contribution in [2.45, 2.75) is 6.42 Å². The Morgan fingerprint density at radius 2 is 1.86 bits per heavy atom. The number of nitrogens with two attached hydrogens (primary N) is 1. The van der Waals surface area contributed by atoms with Crippen molar-refractivity contribution in [1.29, 1.82) is 0 Å². The van der Waals surface area contributed by atoms with Crippen LogP contribution in [0.3, 0.4) is 0 Å². The van der Waals surface area contributed by atoms with Crippen LogP contribution in [0.15, 0.2) is 91.3 Å². The van der Waals surface area contributed by atoms with Crippen LogP contribution >= 0.6 is 0 Å². The molecule has 144 valence electrons. The number of carbonyl (C=O) groups excluding carboxylic acids is 1. The summed E-state index contributed by atoms with van der Waals surface area (Å²) in [6.07, 6.45) is 8.31. The SMILES string of the molecule is C=C/C(=C\C=C(/N)c1ccnnc1)CC(=O)Nc1ccc(-c2ccccc2)nn1. The highest BCUT2D eigenvalue weighted by Crippen LogP contribution is 2.16. The lowest BCUT2D eigenvalue weighted by Gasteiger charge is -2.06. The minimum absolute atomic E-state index is 0.129. The zero-order valence-electron chi connectivity index (χ0n) is 15.7. The van der Waals surface area contributed by atoms with E-state index in [4.69, 9.17) is 5.73 Å². The number of nitrogens with zero attached hydrogens (tertiary/aromatic N) is 4. The molecule has 2 aromatic heterocycles. The molecule has 0 saturated heterocycles. The van der Waals surface area contributed by atoms with Gasteiger partial charge in [-0.15, -0.1) is 10.2 Å². The van der Waals surface area contributed by atoms with Crippen molar-refractivity contribution in [3.05, 3.63) is 96.9 Å². The summed E-state index contributed by atoms with van der Waals surface area (Å²) in [6, 6.07) is 15.0. The average molecular weight is 384 g/mol. The van der Waals surface area contributed by atoms with Gasteiger partial charge in [0.1, 0.15) is 0 Å². The van der Waals surface area contributed by atoms with Gasteiger partial charge in [0.05, 0.1) is 24.5 Å². The maximum atomic E-state index is 12.3. The summed E-state index contributed by atoms with van der Waals surface area (Å²) in [7, 11) is 0. The van der Waals surface area contributed by atoms with E-state index in [1.807, 2.05) is 36.4 Å². The Balaban J connectivity index is 1.62. The molecule has 0 aliphatic carbocycles. The van der Waals surface area contributed by atoms with Crippen molar-refractivity contribution in [3.8, 4) is 11.3 Å². The first-order valence-electron chi connectivity index (χ1n) is 8.90. The van der Waals surface area contributed by atoms with E-state index in [1.54, 1.807) is 42.8 Å². The molecule has 0 unspecified atom stereocenters. The van der Waals surface area contributed by atoms with Gasteiger partial charge in [0.25, 0.3) is 0 Å². The number of anilines is 1. The number of nitrogens with one attached hydrogen (secondary N) is 1. The van der Waals surface area contributed by atoms with Gasteiger partial charge in [-0.05, 0) is 29.8 Å². The van der Waals surface area contributed by atoms with Crippen LogP contribution in [0.1, 0.15) is 12.0 Å². The predicted octanol–water partition coefficient (Wildman–Crippen LogP) is 3.37. The van der Waals surface area contributed by atoms with E-state index in [1.165, 1.54) is 0 Å². The highest BCUT2D eigenvalue weighted by atomic mass is 16.1. The Morgan fingerprint density at radius 1 is 1.03 bits per heavy atom. The second-order valence-electron chi connectivity index (χ2n) is 6.09. The summed E-state index contributed by atoms with van der Waals surface area (Å²) < 4.78 is 0. The predicted molar refractivity (Wildman–Crippen MR) is 113 cm³/mol. The van der Waals surface area contributed by atoms with Crippen LogP contribution in [0.4, 0.5) is 5.82 Å². The van der Waals surface area contributed by atoms with Crippen molar-refractivity contribution < 1.29 is 4.79 Å². The maximum absolute atomic E-state index is 12.3. The van der Waals surface area contributed by atoms with Crippen LogP contribution in [-0.2, 0) is 4.79 Å². The first-order valence-corrected chi connectivity index (χ1v) is 8.90. The summed E-state index contributed by atoms with van der Waals surface area (Å²) in [6.45, 7) is 3.75. The largest absolute Gasteiger partial charge is 0.398 e. The molecular weight excluding hydrogens is 364 g/mol. The molecular formula is C22H20N6O. The summed E-state index contributed by atoms with van der Waals surface area (Å²) >= 11 is 0. The average Bonchev–Trinajstić information content (AvgIpc) is 2.78. The maximum Gasteiger partial charge on any atom is 0.229 e. The van der Waals surface area contributed by atoms with E-state index in [2.05, 4.69) is 32.3 Å². The van der Waals surface area contributed by atoms with Crippen molar-refractivity contribution in [1.82, 2.24) is 20.4 Å². The molecule has 1 amide bonds. The first-order chi connectivity index (χ1) is 14.2. The lowest BCUT2D eigenvalue weighted by molar-refractivity contribution is -0.115. The molecule has 3 N–H and O–H groups in total. The van der Waals surface area contributed by atoms with E-state index in [-0.39, 0.29) is 12.3 Å². The first kappa shape index (κ1) is 19.6.